The van der Waals surface area contributed by atoms with Gasteiger partial charge >= 0.3 is 0 Å². The van der Waals surface area contributed by atoms with Crippen LogP contribution in [0.4, 0.5) is 5.82 Å². The minimum Gasteiger partial charge on any atom is -0.497 e. The first-order chi connectivity index (χ1) is 17.3. The van der Waals surface area contributed by atoms with E-state index in [2.05, 4.69) is 4.98 Å². The van der Waals surface area contributed by atoms with Gasteiger partial charge in [0.05, 0.1) is 18.6 Å². The SMILES string of the molecule is COc1ccc(CC[n+]2c(N)c(S(=O)(=O)c3ccc(Cl)cc3)cc3c(=O)n4ccccc4nc32)cc1. The van der Waals surface area contributed by atoms with Crippen LogP contribution in [0.2, 0.25) is 5.02 Å². The molecule has 2 N–H and O–H groups in total. The van der Waals surface area contributed by atoms with Crippen molar-refractivity contribution < 1.29 is 17.7 Å². The van der Waals surface area contributed by atoms with Gasteiger partial charge in [-0.05, 0) is 60.2 Å². The van der Waals surface area contributed by atoms with Gasteiger partial charge in [0, 0.05) is 17.6 Å². The molecular weight excluding hydrogens is 500 g/mol. The lowest BCUT2D eigenvalue weighted by Gasteiger charge is -2.13. The second-order valence-corrected chi connectivity index (χ2v) is 10.5. The van der Waals surface area contributed by atoms with E-state index in [9.17, 15) is 13.2 Å². The number of aryl methyl sites for hydroxylation is 2. The van der Waals surface area contributed by atoms with Crippen molar-refractivity contribution in [3.05, 3.63) is 99.9 Å². The number of ether oxygens (including phenoxy) is 1. The van der Waals surface area contributed by atoms with Crippen LogP contribution >= 0.6 is 11.6 Å². The number of halogens is 1. The molecule has 5 aromatic rings. The van der Waals surface area contributed by atoms with Gasteiger partial charge in [0.25, 0.3) is 11.2 Å². The van der Waals surface area contributed by atoms with Gasteiger partial charge in [-0.25, -0.2) is 13.0 Å². The highest BCUT2D eigenvalue weighted by Gasteiger charge is 2.29. The smallest absolute Gasteiger partial charge is 0.278 e. The first-order valence-electron chi connectivity index (χ1n) is 11.1. The molecule has 0 bridgehead atoms. The number of rotatable bonds is 6. The highest BCUT2D eigenvalue weighted by atomic mass is 35.5. The average Bonchev–Trinajstić information content (AvgIpc) is 2.88. The monoisotopic (exact) mass is 521 g/mol. The van der Waals surface area contributed by atoms with Crippen LogP contribution in [0.5, 0.6) is 5.75 Å². The second-order valence-electron chi connectivity index (χ2n) is 8.18. The zero-order chi connectivity index (χ0) is 25.4. The molecule has 0 aliphatic carbocycles. The molecule has 36 heavy (non-hydrogen) atoms. The number of anilines is 1. The Balaban J connectivity index is 1.73. The summed E-state index contributed by atoms with van der Waals surface area (Å²) in [6.45, 7) is 0.300. The van der Waals surface area contributed by atoms with Crippen molar-refractivity contribution in [3.8, 4) is 5.75 Å². The molecule has 0 unspecified atom stereocenters. The molecule has 0 spiro atoms. The molecule has 0 fully saturated rings. The Labute approximate surface area is 212 Å². The van der Waals surface area contributed by atoms with Gasteiger partial charge in [0.1, 0.15) is 16.0 Å². The predicted octanol–water partition coefficient (Wildman–Crippen LogP) is 3.45. The van der Waals surface area contributed by atoms with E-state index >= 15 is 0 Å². The Morgan fingerprint density at radius 3 is 2.47 bits per heavy atom. The van der Waals surface area contributed by atoms with Crippen LogP contribution in [0.25, 0.3) is 16.7 Å². The van der Waals surface area contributed by atoms with Gasteiger partial charge in [-0.2, -0.15) is 0 Å². The number of methoxy groups -OCH3 is 1. The largest absolute Gasteiger partial charge is 0.497 e. The van der Waals surface area contributed by atoms with Crippen LogP contribution in [0.3, 0.4) is 0 Å². The fraction of sp³-hybridized carbons (Fsp3) is 0.115. The van der Waals surface area contributed by atoms with Gasteiger partial charge in [-0.3, -0.25) is 9.20 Å². The van der Waals surface area contributed by atoms with E-state index in [-0.39, 0.29) is 26.6 Å². The number of nitrogens with zero attached hydrogens (tertiary/aromatic N) is 3. The molecule has 0 aliphatic heterocycles. The lowest BCUT2D eigenvalue weighted by atomic mass is 10.1. The molecule has 5 rings (SSSR count). The summed E-state index contributed by atoms with van der Waals surface area (Å²) in [6.07, 6.45) is 2.11. The van der Waals surface area contributed by atoms with Crippen molar-refractivity contribution in [2.75, 3.05) is 12.8 Å². The lowest BCUT2D eigenvalue weighted by molar-refractivity contribution is -0.659. The van der Waals surface area contributed by atoms with E-state index in [0.29, 0.717) is 29.3 Å². The standard InChI is InChI=1S/C26H21ClN4O4S/c1-35-19-9-5-17(6-10-19)13-15-31-24(28)22(36(33,34)20-11-7-18(27)8-12-20)16-21-25(31)29-23-4-2-3-14-30(23)26(21)32/h2-12,14,16,28H,13,15H2,1H3/p+1. The van der Waals surface area contributed by atoms with E-state index in [1.165, 1.54) is 34.7 Å². The number of pyridine rings is 2. The first-order valence-corrected chi connectivity index (χ1v) is 12.9. The molecule has 2 aromatic carbocycles. The molecule has 3 heterocycles. The quantitative estimate of drug-likeness (QED) is 0.271. The number of hydrogen-bond donors (Lipinski definition) is 1. The fourth-order valence-electron chi connectivity index (χ4n) is 4.09. The molecule has 10 heteroatoms. The van der Waals surface area contributed by atoms with Gasteiger partial charge in [0.15, 0.2) is 0 Å². The van der Waals surface area contributed by atoms with E-state index < -0.39 is 9.84 Å². The maximum Gasteiger partial charge on any atom is 0.278 e. The Morgan fingerprint density at radius 2 is 1.78 bits per heavy atom. The third kappa shape index (κ3) is 4.16. The van der Waals surface area contributed by atoms with Gasteiger partial charge in [-0.15, -0.1) is 0 Å². The van der Waals surface area contributed by atoms with Crippen LogP contribution in [0.1, 0.15) is 5.56 Å². The summed E-state index contributed by atoms with van der Waals surface area (Å²) < 4.78 is 35.4. The molecular formula is C26H22ClN4O4S+. The molecule has 0 atom stereocenters. The van der Waals surface area contributed by atoms with Crippen LogP contribution in [-0.4, -0.2) is 24.9 Å². The van der Waals surface area contributed by atoms with Crippen molar-refractivity contribution in [2.45, 2.75) is 22.8 Å². The minimum absolute atomic E-state index is 0.00172. The molecule has 8 nitrogen and oxygen atoms in total. The number of fused-ring (bicyclic) bond motifs is 2. The van der Waals surface area contributed by atoms with Gasteiger partial charge in [-0.1, -0.05) is 34.8 Å². The summed E-state index contributed by atoms with van der Waals surface area (Å²) in [5.41, 5.74) is 7.84. The van der Waals surface area contributed by atoms with E-state index in [0.717, 1.165) is 11.3 Å². The average molecular weight is 522 g/mol. The van der Waals surface area contributed by atoms with E-state index in [4.69, 9.17) is 22.1 Å². The number of hydrogen-bond acceptors (Lipinski definition) is 6. The van der Waals surface area contributed by atoms with Crippen molar-refractivity contribution in [2.24, 2.45) is 0 Å². The molecule has 0 saturated carbocycles. The molecule has 3 aromatic heterocycles. The zero-order valence-electron chi connectivity index (χ0n) is 19.3. The van der Waals surface area contributed by atoms with Crippen molar-refractivity contribution >= 4 is 43.9 Å². The predicted molar refractivity (Wildman–Crippen MR) is 137 cm³/mol. The summed E-state index contributed by atoms with van der Waals surface area (Å²) in [7, 11) is -2.46. The zero-order valence-corrected chi connectivity index (χ0v) is 20.8. The summed E-state index contributed by atoms with van der Waals surface area (Å²) in [6, 6.07) is 19.9. The molecule has 0 saturated heterocycles. The summed E-state index contributed by atoms with van der Waals surface area (Å²) in [5.74, 6) is 0.728. The fourth-order valence-corrected chi connectivity index (χ4v) is 5.62. The topological polar surface area (TPSA) is 108 Å². The Kier molecular flexibility index (Phi) is 6.11. The maximum atomic E-state index is 13.6. The summed E-state index contributed by atoms with van der Waals surface area (Å²) in [5, 5.41) is 0.555. The van der Waals surface area contributed by atoms with Crippen molar-refractivity contribution in [1.29, 1.82) is 0 Å². The third-order valence-corrected chi connectivity index (χ3v) is 8.07. The van der Waals surface area contributed by atoms with E-state index in [1.54, 1.807) is 36.1 Å². The van der Waals surface area contributed by atoms with Crippen LogP contribution in [-0.2, 0) is 22.8 Å². The highest BCUT2D eigenvalue weighted by molar-refractivity contribution is 7.91. The number of aromatic nitrogens is 3. The Hall–Kier alpha value is -3.95. The number of nitrogen functional groups attached to an aromatic ring is 1. The number of nitrogens with two attached hydrogens (primary N) is 1. The minimum atomic E-state index is -4.06. The summed E-state index contributed by atoms with van der Waals surface area (Å²) in [4.78, 5) is 17.9. The summed E-state index contributed by atoms with van der Waals surface area (Å²) >= 11 is 5.95. The first kappa shape index (κ1) is 23.8. The maximum absolute atomic E-state index is 13.6. The molecule has 182 valence electrons. The van der Waals surface area contributed by atoms with Gasteiger partial charge < -0.3 is 10.5 Å². The Morgan fingerprint density at radius 1 is 1.06 bits per heavy atom. The number of sulfone groups is 1. The van der Waals surface area contributed by atoms with Crippen molar-refractivity contribution in [1.82, 2.24) is 9.38 Å². The Bertz CT molecular complexity index is 1770. The second kappa shape index (κ2) is 9.25. The molecule has 0 radical (unpaired) electrons. The van der Waals surface area contributed by atoms with Crippen LogP contribution in [0.15, 0.2) is 93.6 Å². The molecule has 0 amide bonds. The normalized spacial score (nSPS) is 11.7. The molecule has 0 aliphatic rings. The highest BCUT2D eigenvalue weighted by Crippen LogP contribution is 2.27. The van der Waals surface area contributed by atoms with Crippen LogP contribution in [0, 0.1) is 0 Å². The van der Waals surface area contributed by atoms with Crippen molar-refractivity contribution in [3.63, 3.8) is 0 Å². The third-order valence-electron chi connectivity index (χ3n) is 6.02. The van der Waals surface area contributed by atoms with Gasteiger partial charge in [0.2, 0.25) is 21.3 Å². The number of benzene rings is 2. The van der Waals surface area contributed by atoms with E-state index in [1.807, 2.05) is 24.3 Å². The lowest BCUT2D eigenvalue weighted by Crippen LogP contribution is -2.42. The van der Waals surface area contributed by atoms with Crippen LogP contribution < -0.4 is 20.6 Å².